The molecule has 3 aromatic rings. The number of amides is 2. The van der Waals surface area contributed by atoms with E-state index in [-0.39, 0.29) is 17.3 Å². The van der Waals surface area contributed by atoms with Gasteiger partial charge in [0, 0.05) is 44.5 Å². The number of piperazine rings is 1. The molecule has 8 heteroatoms. The van der Waals surface area contributed by atoms with E-state index in [2.05, 4.69) is 10.2 Å². The maximum Gasteiger partial charge on any atom is 0.410 e. The highest BCUT2D eigenvalue weighted by Gasteiger charge is 2.25. The van der Waals surface area contributed by atoms with Crippen LogP contribution in [0.15, 0.2) is 63.8 Å². The van der Waals surface area contributed by atoms with Gasteiger partial charge in [-0.1, -0.05) is 24.3 Å². The highest BCUT2D eigenvalue weighted by atomic mass is 16.6. The molecule has 1 N–H and O–H groups in total. The molecule has 1 aliphatic heterocycles. The molecule has 2 heterocycles. The van der Waals surface area contributed by atoms with Gasteiger partial charge in [0.1, 0.15) is 11.2 Å². The normalized spacial score (nSPS) is 14.7. The first-order chi connectivity index (χ1) is 16.2. The predicted molar refractivity (Wildman–Crippen MR) is 130 cm³/mol. The van der Waals surface area contributed by atoms with Crippen LogP contribution in [0, 0.1) is 0 Å². The van der Waals surface area contributed by atoms with E-state index >= 15 is 0 Å². The Bertz CT molecular complexity index is 1240. The highest BCUT2D eigenvalue weighted by Crippen LogP contribution is 2.17. The second kappa shape index (κ2) is 9.69. The summed E-state index contributed by atoms with van der Waals surface area (Å²) < 4.78 is 11.0. The van der Waals surface area contributed by atoms with Crippen molar-refractivity contribution < 1.29 is 18.7 Å². The largest absolute Gasteiger partial charge is 0.451 e. The number of anilines is 1. The van der Waals surface area contributed by atoms with Crippen LogP contribution in [0.2, 0.25) is 0 Å². The summed E-state index contributed by atoms with van der Waals surface area (Å²) in [6, 6.07) is 15.6. The number of para-hydroxylation sites is 1. The summed E-state index contributed by atoms with van der Waals surface area (Å²) in [5.41, 5.74) is 1.34. The molecule has 0 unspecified atom stereocenters. The number of rotatable bonds is 4. The maximum absolute atomic E-state index is 12.6. The topological polar surface area (TPSA) is 92.1 Å². The number of carbonyl (C=O) groups excluding carboxylic acids is 2. The summed E-state index contributed by atoms with van der Waals surface area (Å²) in [6.07, 6.45) is -0.269. The molecule has 1 fully saturated rings. The second-order valence-electron chi connectivity index (χ2n) is 9.37. The zero-order valence-electron chi connectivity index (χ0n) is 19.7. The minimum atomic E-state index is -0.495. The average molecular weight is 464 g/mol. The highest BCUT2D eigenvalue weighted by molar-refractivity contribution is 6.02. The lowest BCUT2D eigenvalue weighted by molar-refractivity contribution is 0.0139. The summed E-state index contributed by atoms with van der Waals surface area (Å²) in [7, 11) is 0. The maximum atomic E-state index is 12.6. The van der Waals surface area contributed by atoms with Crippen LogP contribution in [0.4, 0.5) is 10.5 Å². The Hall–Kier alpha value is -3.65. The van der Waals surface area contributed by atoms with Crippen LogP contribution in [0.1, 0.15) is 36.9 Å². The molecule has 1 saturated heterocycles. The second-order valence-corrected chi connectivity index (χ2v) is 9.37. The van der Waals surface area contributed by atoms with Crippen molar-refractivity contribution in [3.63, 3.8) is 0 Å². The lowest BCUT2D eigenvalue weighted by Gasteiger charge is -2.35. The Kier molecular flexibility index (Phi) is 6.70. The Labute approximate surface area is 198 Å². The predicted octanol–water partition coefficient (Wildman–Crippen LogP) is 4.10. The average Bonchev–Trinajstić information content (AvgIpc) is 2.79. The van der Waals surface area contributed by atoms with Gasteiger partial charge in [0.2, 0.25) is 0 Å². The summed E-state index contributed by atoms with van der Waals surface area (Å²) in [5.74, 6) is -0.510. The lowest BCUT2D eigenvalue weighted by atomic mass is 10.1. The van der Waals surface area contributed by atoms with Crippen LogP contribution in [-0.2, 0) is 11.3 Å². The van der Waals surface area contributed by atoms with Crippen molar-refractivity contribution in [2.45, 2.75) is 32.9 Å². The fraction of sp³-hybridized carbons (Fsp3) is 0.346. The van der Waals surface area contributed by atoms with Gasteiger partial charge in [-0.3, -0.25) is 14.5 Å². The Morgan fingerprint density at radius 2 is 1.68 bits per heavy atom. The molecule has 34 heavy (non-hydrogen) atoms. The van der Waals surface area contributed by atoms with Gasteiger partial charge in [0.15, 0.2) is 11.2 Å². The van der Waals surface area contributed by atoms with Crippen LogP contribution in [0.3, 0.4) is 0 Å². The molecule has 1 aromatic heterocycles. The third-order valence-electron chi connectivity index (χ3n) is 5.50. The standard InChI is InChI=1S/C26H29N3O5/c1-26(2,3)34-25(32)29-14-12-28(13-15-29)17-18-8-10-19(11-9-18)27-24(31)23-16-21(30)20-6-4-5-7-22(20)33-23/h4-11,16H,12-15,17H2,1-3H3,(H,27,31). The van der Waals surface area contributed by atoms with E-state index in [1.165, 1.54) is 6.07 Å². The van der Waals surface area contributed by atoms with Crippen molar-refractivity contribution in [1.82, 2.24) is 9.80 Å². The number of carbonyl (C=O) groups is 2. The molecule has 1 aliphatic rings. The van der Waals surface area contributed by atoms with Crippen LogP contribution in [0.5, 0.6) is 0 Å². The van der Waals surface area contributed by atoms with E-state index in [1.54, 1.807) is 29.2 Å². The smallest absolute Gasteiger partial charge is 0.410 e. The minimum Gasteiger partial charge on any atom is -0.451 e. The molecule has 0 aliphatic carbocycles. The van der Waals surface area contributed by atoms with E-state index in [0.717, 1.165) is 25.2 Å². The lowest BCUT2D eigenvalue weighted by Crippen LogP contribution is -2.49. The molecule has 0 saturated carbocycles. The number of hydrogen-bond donors (Lipinski definition) is 1. The van der Waals surface area contributed by atoms with Crippen molar-refractivity contribution in [2.75, 3.05) is 31.5 Å². The Morgan fingerprint density at radius 1 is 1.00 bits per heavy atom. The zero-order valence-corrected chi connectivity index (χ0v) is 19.7. The summed E-state index contributed by atoms with van der Waals surface area (Å²) >= 11 is 0. The van der Waals surface area contributed by atoms with Gasteiger partial charge in [0.25, 0.3) is 5.91 Å². The van der Waals surface area contributed by atoms with E-state index in [9.17, 15) is 14.4 Å². The first-order valence-corrected chi connectivity index (χ1v) is 11.3. The van der Waals surface area contributed by atoms with E-state index in [4.69, 9.17) is 9.15 Å². The first-order valence-electron chi connectivity index (χ1n) is 11.3. The molecule has 0 atom stereocenters. The van der Waals surface area contributed by atoms with Crippen LogP contribution in [0.25, 0.3) is 11.0 Å². The first kappa shape index (κ1) is 23.5. The third kappa shape index (κ3) is 5.82. The van der Waals surface area contributed by atoms with Gasteiger partial charge in [-0.25, -0.2) is 4.79 Å². The van der Waals surface area contributed by atoms with Gasteiger partial charge in [0.05, 0.1) is 5.39 Å². The summed E-state index contributed by atoms with van der Waals surface area (Å²) in [6.45, 7) is 9.12. The number of nitrogens with zero attached hydrogens (tertiary/aromatic N) is 2. The fourth-order valence-electron chi connectivity index (χ4n) is 3.78. The minimum absolute atomic E-state index is 0.0318. The monoisotopic (exact) mass is 463 g/mol. The molecular formula is C26H29N3O5. The quantitative estimate of drug-likeness (QED) is 0.626. The van der Waals surface area contributed by atoms with E-state index in [0.29, 0.717) is 29.7 Å². The molecule has 178 valence electrons. The van der Waals surface area contributed by atoms with E-state index in [1.807, 2.05) is 45.0 Å². The zero-order chi connectivity index (χ0) is 24.3. The number of fused-ring (bicyclic) bond motifs is 1. The molecule has 8 nitrogen and oxygen atoms in total. The molecular weight excluding hydrogens is 434 g/mol. The number of benzene rings is 2. The molecule has 2 amide bonds. The van der Waals surface area contributed by atoms with Gasteiger partial charge >= 0.3 is 6.09 Å². The fourth-order valence-corrected chi connectivity index (χ4v) is 3.78. The van der Waals surface area contributed by atoms with Crippen LogP contribution >= 0.6 is 0 Å². The van der Waals surface area contributed by atoms with Gasteiger partial charge in [-0.2, -0.15) is 0 Å². The molecule has 0 spiro atoms. The number of ether oxygens (including phenoxy) is 1. The van der Waals surface area contributed by atoms with Crippen molar-refractivity contribution in [3.05, 3.63) is 76.1 Å². The molecule has 0 radical (unpaired) electrons. The van der Waals surface area contributed by atoms with Crippen LogP contribution in [-0.4, -0.2) is 53.6 Å². The van der Waals surface area contributed by atoms with Crippen molar-refractivity contribution in [3.8, 4) is 0 Å². The summed E-state index contributed by atoms with van der Waals surface area (Å²) in [4.78, 5) is 41.1. The third-order valence-corrected chi connectivity index (χ3v) is 5.50. The summed E-state index contributed by atoms with van der Waals surface area (Å²) in [5, 5.41) is 3.21. The molecule has 0 bridgehead atoms. The molecule has 4 rings (SSSR count). The SMILES string of the molecule is CC(C)(C)OC(=O)N1CCN(Cc2ccc(NC(=O)c3cc(=O)c4ccccc4o3)cc2)CC1. The van der Waals surface area contributed by atoms with Gasteiger partial charge in [-0.05, 0) is 50.6 Å². The van der Waals surface area contributed by atoms with E-state index < -0.39 is 11.5 Å². The Morgan fingerprint density at radius 3 is 2.35 bits per heavy atom. The van der Waals surface area contributed by atoms with Crippen molar-refractivity contribution in [2.24, 2.45) is 0 Å². The van der Waals surface area contributed by atoms with Crippen molar-refractivity contribution >= 4 is 28.7 Å². The van der Waals surface area contributed by atoms with Gasteiger partial charge < -0.3 is 19.4 Å². The number of hydrogen-bond acceptors (Lipinski definition) is 6. The van der Waals surface area contributed by atoms with Crippen LogP contribution < -0.4 is 10.7 Å². The van der Waals surface area contributed by atoms with Crippen molar-refractivity contribution in [1.29, 1.82) is 0 Å². The molecule has 2 aromatic carbocycles. The number of nitrogens with one attached hydrogen (secondary N) is 1. The Balaban J connectivity index is 1.31. The van der Waals surface area contributed by atoms with Gasteiger partial charge in [-0.15, -0.1) is 0 Å².